The van der Waals surface area contributed by atoms with Crippen LogP contribution in [0.4, 0.5) is 14.5 Å². The van der Waals surface area contributed by atoms with Gasteiger partial charge < -0.3 is 14.7 Å². The molecule has 0 heterocycles. The van der Waals surface area contributed by atoms with E-state index in [-0.39, 0.29) is 5.56 Å². The standard InChI is InChI=1S/C23H23F2NO2/c1-17(27)15-26(16-18-7-5-8-19(13-18)23(24)25)20-9-6-12-22(14-20)28-21-10-3-2-4-11-21/h2-14,17,23,27H,15-16H2,1H3/t17-/m0/s1. The maximum Gasteiger partial charge on any atom is 0.263 e. The average molecular weight is 383 g/mol. The van der Waals surface area contributed by atoms with Gasteiger partial charge in [-0.15, -0.1) is 0 Å². The third kappa shape index (κ3) is 5.54. The highest BCUT2D eigenvalue weighted by atomic mass is 19.3. The van der Waals surface area contributed by atoms with Crippen LogP contribution in [0.15, 0.2) is 78.9 Å². The summed E-state index contributed by atoms with van der Waals surface area (Å²) in [7, 11) is 0. The molecule has 1 atom stereocenters. The molecular weight excluding hydrogens is 360 g/mol. The van der Waals surface area contributed by atoms with Crippen LogP contribution in [0, 0.1) is 0 Å². The first-order valence-corrected chi connectivity index (χ1v) is 9.14. The van der Waals surface area contributed by atoms with Crippen LogP contribution in [0.5, 0.6) is 11.5 Å². The second-order valence-electron chi connectivity index (χ2n) is 6.69. The molecule has 0 radical (unpaired) electrons. The van der Waals surface area contributed by atoms with Crippen molar-refractivity contribution in [3.8, 4) is 11.5 Å². The Labute approximate surface area is 163 Å². The summed E-state index contributed by atoms with van der Waals surface area (Å²) in [6.45, 7) is 2.47. The molecule has 0 bridgehead atoms. The van der Waals surface area contributed by atoms with Crippen LogP contribution in [-0.4, -0.2) is 17.8 Å². The largest absolute Gasteiger partial charge is 0.457 e. The average Bonchev–Trinajstić information content (AvgIpc) is 2.68. The molecule has 0 spiro atoms. The molecule has 0 aliphatic carbocycles. The van der Waals surface area contributed by atoms with E-state index in [1.807, 2.05) is 65.6 Å². The van der Waals surface area contributed by atoms with E-state index in [0.717, 1.165) is 17.0 Å². The normalized spacial score (nSPS) is 12.0. The summed E-state index contributed by atoms with van der Waals surface area (Å²) in [5, 5.41) is 9.92. The van der Waals surface area contributed by atoms with Crippen molar-refractivity contribution < 1.29 is 18.6 Å². The minimum Gasteiger partial charge on any atom is -0.457 e. The number of nitrogens with zero attached hydrogens (tertiary/aromatic N) is 1. The van der Waals surface area contributed by atoms with Gasteiger partial charge >= 0.3 is 0 Å². The summed E-state index contributed by atoms with van der Waals surface area (Å²) in [6.07, 6.45) is -3.08. The van der Waals surface area contributed by atoms with Crippen molar-refractivity contribution in [3.63, 3.8) is 0 Å². The van der Waals surface area contributed by atoms with Gasteiger partial charge in [0, 0.05) is 30.4 Å². The Kier molecular flexibility index (Phi) is 6.61. The van der Waals surface area contributed by atoms with Crippen LogP contribution in [0.1, 0.15) is 24.5 Å². The van der Waals surface area contributed by atoms with Crippen molar-refractivity contribution in [1.29, 1.82) is 0 Å². The van der Waals surface area contributed by atoms with Gasteiger partial charge in [-0.1, -0.05) is 42.5 Å². The summed E-state index contributed by atoms with van der Waals surface area (Å²) in [5.41, 5.74) is 1.60. The van der Waals surface area contributed by atoms with Gasteiger partial charge in [-0.2, -0.15) is 0 Å². The summed E-state index contributed by atoms with van der Waals surface area (Å²) in [5.74, 6) is 1.40. The van der Waals surface area contributed by atoms with Crippen LogP contribution in [0.25, 0.3) is 0 Å². The highest BCUT2D eigenvalue weighted by molar-refractivity contribution is 5.52. The summed E-state index contributed by atoms with van der Waals surface area (Å²) < 4.78 is 31.9. The van der Waals surface area contributed by atoms with Gasteiger partial charge in [-0.3, -0.25) is 0 Å². The monoisotopic (exact) mass is 383 g/mol. The highest BCUT2D eigenvalue weighted by Crippen LogP contribution is 2.28. The first-order valence-electron chi connectivity index (χ1n) is 9.14. The third-order valence-corrected chi connectivity index (χ3v) is 4.22. The van der Waals surface area contributed by atoms with E-state index in [2.05, 4.69) is 0 Å². The van der Waals surface area contributed by atoms with Crippen molar-refractivity contribution in [2.75, 3.05) is 11.4 Å². The second-order valence-corrected chi connectivity index (χ2v) is 6.69. The van der Waals surface area contributed by atoms with Crippen molar-refractivity contribution in [2.45, 2.75) is 26.0 Å². The van der Waals surface area contributed by atoms with Crippen molar-refractivity contribution in [1.82, 2.24) is 0 Å². The molecule has 28 heavy (non-hydrogen) atoms. The van der Waals surface area contributed by atoms with E-state index >= 15 is 0 Å². The molecule has 146 valence electrons. The molecule has 0 amide bonds. The Morgan fingerprint density at radius 1 is 0.893 bits per heavy atom. The zero-order chi connectivity index (χ0) is 19.9. The molecule has 3 aromatic rings. The van der Waals surface area contributed by atoms with Gasteiger partial charge in [-0.25, -0.2) is 8.78 Å². The van der Waals surface area contributed by atoms with E-state index in [1.165, 1.54) is 12.1 Å². The Hall–Kier alpha value is -2.92. The number of para-hydroxylation sites is 1. The first-order chi connectivity index (χ1) is 13.5. The molecule has 3 nitrogen and oxygen atoms in total. The Balaban J connectivity index is 1.83. The number of benzene rings is 3. The highest BCUT2D eigenvalue weighted by Gasteiger charge is 2.13. The molecule has 0 aliphatic rings. The fraction of sp³-hybridized carbons (Fsp3) is 0.217. The molecule has 0 unspecified atom stereocenters. The topological polar surface area (TPSA) is 32.7 Å². The Bertz CT molecular complexity index is 885. The molecule has 1 N–H and O–H groups in total. The maximum atomic E-state index is 13.0. The van der Waals surface area contributed by atoms with Crippen molar-refractivity contribution in [3.05, 3.63) is 90.0 Å². The molecule has 3 aromatic carbocycles. The Morgan fingerprint density at radius 3 is 2.32 bits per heavy atom. The SMILES string of the molecule is C[C@H](O)CN(Cc1cccc(C(F)F)c1)c1cccc(Oc2ccccc2)c1. The van der Waals surface area contributed by atoms with Crippen LogP contribution < -0.4 is 9.64 Å². The number of alkyl halides is 2. The lowest BCUT2D eigenvalue weighted by Crippen LogP contribution is -2.30. The number of rotatable bonds is 8. The zero-order valence-corrected chi connectivity index (χ0v) is 15.6. The maximum absolute atomic E-state index is 13.0. The quantitative estimate of drug-likeness (QED) is 0.533. The van der Waals surface area contributed by atoms with E-state index in [9.17, 15) is 13.9 Å². The number of ether oxygens (including phenoxy) is 1. The zero-order valence-electron chi connectivity index (χ0n) is 15.6. The minimum atomic E-state index is -2.51. The number of hydrogen-bond acceptors (Lipinski definition) is 3. The van der Waals surface area contributed by atoms with Crippen molar-refractivity contribution in [2.24, 2.45) is 0 Å². The van der Waals surface area contributed by atoms with Crippen LogP contribution in [0.2, 0.25) is 0 Å². The van der Waals surface area contributed by atoms with E-state index < -0.39 is 12.5 Å². The van der Waals surface area contributed by atoms with Crippen LogP contribution >= 0.6 is 0 Å². The number of halogens is 2. The van der Waals surface area contributed by atoms with E-state index in [1.54, 1.807) is 13.0 Å². The first kappa shape index (κ1) is 19.8. The lowest BCUT2D eigenvalue weighted by Gasteiger charge is -2.27. The van der Waals surface area contributed by atoms with Crippen LogP contribution in [0.3, 0.4) is 0 Å². The molecular formula is C23H23F2NO2. The smallest absolute Gasteiger partial charge is 0.263 e. The molecule has 0 saturated carbocycles. The molecule has 0 aliphatic heterocycles. The number of aliphatic hydroxyl groups is 1. The summed E-state index contributed by atoms with van der Waals surface area (Å²) in [6, 6.07) is 23.3. The fourth-order valence-corrected chi connectivity index (χ4v) is 3.00. The summed E-state index contributed by atoms with van der Waals surface area (Å²) in [4.78, 5) is 1.95. The van der Waals surface area contributed by atoms with Gasteiger partial charge in [0.05, 0.1) is 6.10 Å². The van der Waals surface area contributed by atoms with E-state index in [0.29, 0.717) is 18.8 Å². The molecule has 5 heteroatoms. The summed E-state index contributed by atoms with van der Waals surface area (Å²) >= 11 is 0. The predicted molar refractivity (Wildman–Crippen MR) is 107 cm³/mol. The second kappa shape index (κ2) is 9.33. The Morgan fingerprint density at radius 2 is 1.61 bits per heavy atom. The molecule has 0 fully saturated rings. The lowest BCUT2D eigenvalue weighted by molar-refractivity contribution is 0.151. The number of aliphatic hydroxyl groups excluding tert-OH is 1. The molecule has 3 rings (SSSR count). The minimum absolute atomic E-state index is 0.00402. The molecule has 0 aromatic heterocycles. The third-order valence-electron chi connectivity index (χ3n) is 4.22. The van der Waals surface area contributed by atoms with Crippen molar-refractivity contribution >= 4 is 5.69 Å². The number of hydrogen-bond donors (Lipinski definition) is 1. The lowest BCUT2D eigenvalue weighted by atomic mass is 10.1. The predicted octanol–water partition coefficient (Wildman–Crippen LogP) is 5.80. The van der Waals surface area contributed by atoms with Gasteiger partial charge in [0.1, 0.15) is 11.5 Å². The number of anilines is 1. The van der Waals surface area contributed by atoms with Crippen LogP contribution in [-0.2, 0) is 6.54 Å². The van der Waals surface area contributed by atoms with Gasteiger partial charge in [0.2, 0.25) is 0 Å². The van der Waals surface area contributed by atoms with Gasteiger partial charge in [-0.05, 0) is 42.8 Å². The molecule has 0 saturated heterocycles. The fourth-order valence-electron chi connectivity index (χ4n) is 3.00. The van der Waals surface area contributed by atoms with Gasteiger partial charge in [0.25, 0.3) is 6.43 Å². The van der Waals surface area contributed by atoms with E-state index in [4.69, 9.17) is 4.74 Å². The van der Waals surface area contributed by atoms with Gasteiger partial charge in [0.15, 0.2) is 0 Å².